The van der Waals surface area contributed by atoms with E-state index in [1.165, 1.54) is 0 Å². The Hall–Kier alpha value is -2.47. The molecule has 0 unspecified atom stereocenters. The molecule has 0 fully saturated rings. The van der Waals surface area contributed by atoms with Crippen molar-refractivity contribution in [1.29, 1.82) is 0 Å². The molecule has 0 radical (unpaired) electrons. The van der Waals surface area contributed by atoms with Crippen LogP contribution in [0.1, 0.15) is 37.6 Å². The Bertz CT molecular complexity index is 1030. The van der Waals surface area contributed by atoms with Gasteiger partial charge in [-0.2, -0.15) is 0 Å². The van der Waals surface area contributed by atoms with Crippen molar-refractivity contribution in [3.05, 3.63) is 65.4 Å². The zero-order valence-electron chi connectivity index (χ0n) is 15.7. The van der Waals surface area contributed by atoms with E-state index in [0.717, 1.165) is 16.8 Å². The number of aryl methyl sites for hydroxylation is 1. The largest absolute Gasteiger partial charge is 0.227 e. The monoisotopic (exact) mass is 369 g/mol. The average Bonchev–Trinajstić information content (AvgIpc) is 2.97. The molecule has 1 aromatic heterocycles. The average molecular weight is 369 g/mol. The standard InChI is InChI=1S/C20H23N3O2S/c1-14-6-10-17(11-7-14)23-15(2)19(21-22-23)26(24,25)18-12-8-16(9-13-18)20(3,4)5/h6-13H,1-5H3. The minimum Gasteiger partial charge on any atom is -0.217 e. The fourth-order valence-electron chi connectivity index (χ4n) is 2.74. The normalized spacial score (nSPS) is 12.3. The molecule has 0 N–H and O–H groups in total. The third-order valence-corrected chi connectivity index (χ3v) is 6.19. The van der Waals surface area contributed by atoms with Crippen molar-refractivity contribution in [2.75, 3.05) is 0 Å². The highest BCUT2D eigenvalue weighted by atomic mass is 32.2. The van der Waals surface area contributed by atoms with Crippen molar-refractivity contribution in [1.82, 2.24) is 15.0 Å². The van der Waals surface area contributed by atoms with Crippen LogP contribution in [0.15, 0.2) is 58.5 Å². The van der Waals surface area contributed by atoms with E-state index in [1.807, 2.05) is 43.3 Å². The summed E-state index contributed by atoms with van der Waals surface area (Å²) in [6, 6.07) is 14.7. The molecule has 0 aliphatic rings. The van der Waals surface area contributed by atoms with E-state index < -0.39 is 9.84 Å². The van der Waals surface area contributed by atoms with Gasteiger partial charge in [-0.1, -0.05) is 55.8 Å². The van der Waals surface area contributed by atoms with Gasteiger partial charge in [0.2, 0.25) is 14.9 Å². The van der Waals surface area contributed by atoms with Gasteiger partial charge in [0.1, 0.15) is 0 Å². The zero-order chi connectivity index (χ0) is 19.1. The number of rotatable bonds is 3. The lowest BCUT2D eigenvalue weighted by Gasteiger charge is -2.19. The van der Waals surface area contributed by atoms with Crippen LogP contribution in [0.2, 0.25) is 0 Å². The van der Waals surface area contributed by atoms with E-state index in [4.69, 9.17) is 0 Å². The molecule has 0 amide bonds. The van der Waals surface area contributed by atoms with E-state index in [1.54, 1.807) is 23.7 Å². The second kappa shape index (κ2) is 6.36. The summed E-state index contributed by atoms with van der Waals surface area (Å²) in [7, 11) is -3.72. The van der Waals surface area contributed by atoms with Crippen LogP contribution in [0.4, 0.5) is 0 Å². The van der Waals surface area contributed by atoms with Crippen molar-refractivity contribution in [3.8, 4) is 5.69 Å². The van der Waals surface area contributed by atoms with Crippen LogP contribution >= 0.6 is 0 Å². The second-order valence-corrected chi connectivity index (χ2v) is 9.37. The first-order valence-electron chi connectivity index (χ1n) is 8.46. The fraction of sp³-hybridized carbons (Fsp3) is 0.300. The van der Waals surface area contributed by atoms with Crippen molar-refractivity contribution < 1.29 is 8.42 Å². The molecular formula is C20H23N3O2S. The molecule has 3 rings (SSSR count). The molecule has 0 saturated carbocycles. The lowest BCUT2D eigenvalue weighted by atomic mass is 9.87. The van der Waals surface area contributed by atoms with E-state index in [2.05, 4.69) is 31.1 Å². The van der Waals surface area contributed by atoms with E-state index in [-0.39, 0.29) is 15.3 Å². The summed E-state index contributed by atoms with van der Waals surface area (Å²) in [5.41, 5.74) is 3.45. The molecule has 3 aromatic rings. The summed E-state index contributed by atoms with van der Waals surface area (Å²) in [4.78, 5) is 0.226. The van der Waals surface area contributed by atoms with E-state index >= 15 is 0 Å². The molecule has 0 aliphatic heterocycles. The third-order valence-electron chi connectivity index (χ3n) is 4.42. The first-order valence-corrected chi connectivity index (χ1v) is 9.94. The maximum Gasteiger partial charge on any atom is 0.227 e. The summed E-state index contributed by atoms with van der Waals surface area (Å²) in [6.45, 7) is 9.99. The summed E-state index contributed by atoms with van der Waals surface area (Å²) in [6.07, 6.45) is 0. The van der Waals surface area contributed by atoms with Gasteiger partial charge in [-0.3, -0.25) is 0 Å². The molecule has 0 atom stereocenters. The highest BCUT2D eigenvalue weighted by Crippen LogP contribution is 2.27. The van der Waals surface area contributed by atoms with Crippen LogP contribution in [0.25, 0.3) is 5.69 Å². The summed E-state index contributed by atoms with van der Waals surface area (Å²) in [5.74, 6) is 0. The minimum atomic E-state index is -3.72. The number of hydrogen-bond donors (Lipinski definition) is 0. The fourth-order valence-corrected chi connectivity index (χ4v) is 4.08. The topological polar surface area (TPSA) is 64.8 Å². The SMILES string of the molecule is Cc1ccc(-n2nnc(S(=O)(=O)c3ccc(C(C)(C)C)cc3)c2C)cc1. The van der Waals surface area contributed by atoms with Gasteiger partial charge in [0, 0.05) is 0 Å². The maximum absolute atomic E-state index is 13.0. The number of aromatic nitrogens is 3. The molecule has 5 nitrogen and oxygen atoms in total. The first kappa shape index (κ1) is 18.3. The minimum absolute atomic E-state index is 0.0124. The van der Waals surface area contributed by atoms with Crippen LogP contribution in [-0.4, -0.2) is 23.4 Å². The van der Waals surface area contributed by atoms with Crippen molar-refractivity contribution in [2.45, 2.75) is 50.0 Å². The Kier molecular flexibility index (Phi) is 4.48. The Morgan fingerprint density at radius 2 is 1.46 bits per heavy atom. The van der Waals surface area contributed by atoms with Gasteiger partial charge in [0.15, 0.2) is 0 Å². The van der Waals surface area contributed by atoms with Gasteiger partial charge in [-0.15, -0.1) is 5.10 Å². The smallest absolute Gasteiger partial charge is 0.217 e. The lowest BCUT2D eigenvalue weighted by Crippen LogP contribution is -2.11. The number of hydrogen-bond acceptors (Lipinski definition) is 4. The Morgan fingerprint density at radius 1 is 0.885 bits per heavy atom. The second-order valence-electron chi connectivity index (χ2n) is 7.51. The number of benzene rings is 2. The van der Waals surface area contributed by atoms with Gasteiger partial charge in [-0.05, 0) is 49.1 Å². The van der Waals surface area contributed by atoms with Crippen molar-refractivity contribution in [3.63, 3.8) is 0 Å². The summed E-state index contributed by atoms with van der Waals surface area (Å²) in [5, 5.41) is 8.00. The summed E-state index contributed by atoms with van der Waals surface area (Å²) >= 11 is 0. The molecular weight excluding hydrogens is 346 g/mol. The molecule has 136 valence electrons. The molecule has 1 heterocycles. The summed E-state index contributed by atoms with van der Waals surface area (Å²) < 4.78 is 27.5. The molecule has 26 heavy (non-hydrogen) atoms. The highest BCUT2D eigenvalue weighted by molar-refractivity contribution is 7.91. The Labute approximate surface area is 154 Å². The Morgan fingerprint density at radius 3 is 2.00 bits per heavy atom. The van der Waals surface area contributed by atoms with Crippen molar-refractivity contribution in [2.24, 2.45) is 0 Å². The van der Waals surface area contributed by atoms with Gasteiger partial charge in [0.05, 0.1) is 16.3 Å². The molecule has 0 spiro atoms. The molecule has 0 saturated heterocycles. The van der Waals surface area contributed by atoms with Crippen LogP contribution in [0.5, 0.6) is 0 Å². The maximum atomic E-state index is 13.0. The molecule has 6 heteroatoms. The number of sulfone groups is 1. The quantitative estimate of drug-likeness (QED) is 0.699. The Balaban J connectivity index is 2.02. The first-order chi connectivity index (χ1) is 12.1. The van der Waals surface area contributed by atoms with Crippen molar-refractivity contribution >= 4 is 9.84 Å². The van der Waals surface area contributed by atoms with Crippen LogP contribution in [0.3, 0.4) is 0 Å². The van der Waals surface area contributed by atoms with Gasteiger partial charge in [0.25, 0.3) is 0 Å². The van der Waals surface area contributed by atoms with Gasteiger partial charge >= 0.3 is 0 Å². The van der Waals surface area contributed by atoms with Gasteiger partial charge < -0.3 is 0 Å². The van der Waals surface area contributed by atoms with E-state index in [9.17, 15) is 8.42 Å². The van der Waals surface area contributed by atoms with Gasteiger partial charge in [-0.25, -0.2) is 13.1 Å². The predicted molar refractivity (Wildman–Crippen MR) is 101 cm³/mol. The van der Waals surface area contributed by atoms with Crippen LogP contribution in [0, 0.1) is 13.8 Å². The lowest BCUT2D eigenvalue weighted by molar-refractivity contribution is 0.584. The van der Waals surface area contributed by atoms with Crippen LogP contribution in [-0.2, 0) is 15.3 Å². The van der Waals surface area contributed by atoms with Crippen LogP contribution < -0.4 is 0 Å². The molecule has 2 aromatic carbocycles. The third kappa shape index (κ3) is 3.29. The highest BCUT2D eigenvalue weighted by Gasteiger charge is 2.26. The molecule has 0 bridgehead atoms. The molecule has 0 aliphatic carbocycles. The van der Waals surface area contributed by atoms with E-state index in [0.29, 0.717) is 5.69 Å². The predicted octanol–water partition coefficient (Wildman–Crippen LogP) is 4.01. The number of nitrogens with zero attached hydrogens (tertiary/aromatic N) is 3. The zero-order valence-corrected chi connectivity index (χ0v) is 16.5.